The summed E-state index contributed by atoms with van der Waals surface area (Å²) in [4.78, 5) is 15.2. The van der Waals surface area contributed by atoms with Crippen LogP contribution in [0.15, 0.2) is 24.3 Å². The lowest BCUT2D eigenvalue weighted by atomic mass is 9.97. The van der Waals surface area contributed by atoms with Gasteiger partial charge in [-0.1, -0.05) is 18.2 Å². The molecule has 2 aliphatic rings. The van der Waals surface area contributed by atoms with Crippen LogP contribution in [-0.4, -0.2) is 61.8 Å². The van der Waals surface area contributed by atoms with E-state index in [1.165, 1.54) is 0 Å². The number of benzene rings is 1. The van der Waals surface area contributed by atoms with Crippen LogP contribution in [0.2, 0.25) is 0 Å². The molecule has 4 rings (SSSR count). The number of amides is 1. The first kappa shape index (κ1) is 18.4. The fraction of sp³-hybridized carbons (Fsp3) is 0.600. The molecule has 7 nitrogen and oxygen atoms in total. The van der Waals surface area contributed by atoms with Gasteiger partial charge in [0.2, 0.25) is 0 Å². The van der Waals surface area contributed by atoms with E-state index >= 15 is 0 Å². The predicted molar refractivity (Wildman–Crippen MR) is 102 cm³/mol. The summed E-state index contributed by atoms with van der Waals surface area (Å²) in [6.07, 6.45) is 2.49. The Morgan fingerprint density at radius 3 is 2.52 bits per heavy atom. The summed E-state index contributed by atoms with van der Waals surface area (Å²) in [6.45, 7) is 4.41. The van der Waals surface area contributed by atoms with Gasteiger partial charge < -0.3 is 15.5 Å². The summed E-state index contributed by atoms with van der Waals surface area (Å²) in [5.41, 5.74) is 1.46. The lowest BCUT2D eigenvalue weighted by molar-refractivity contribution is -0.0759. The zero-order valence-electron chi connectivity index (χ0n) is 15.9. The Kier molecular flexibility index (Phi) is 4.92. The third-order valence-electron chi connectivity index (χ3n) is 5.91. The molecule has 3 N–H and O–H groups in total. The van der Waals surface area contributed by atoms with Crippen molar-refractivity contribution in [2.24, 2.45) is 0 Å². The number of para-hydroxylation sites is 1. The highest BCUT2D eigenvalue weighted by atomic mass is 16.5. The van der Waals surface area contributed by atoms with Gasteiger partial charge in [0, 0.05) is 36.1 Å². The minimum atomic E-state index is -1.30. The number of nitrogens with zero attached hydrogens (tertiary/aromatic N) is 3. The fourth-order valence-electron chi connectivity index (χ4n) is 4.78. The summed E-state index contributed by atoms with van der Waals surface area (Å²) in [7, 11) is 0. The molecule has 1 unspecified atom stereocenters. The largest absolute Gasteiger partial charge is 0.367 e. The van der Waals surface area contributed by atoms with Gasteiger partial charge in [-0.3, -0.25) is 14.4 Å². The number of piperidine rings is 1. The molecule has 2 saturated heterocycles. The topological polar surface area (TPSA) is 90.6 Å². The molecular formula is C20H28N4O3. The zero-order valence-corrected chi connectivity index (χ0v) is 15.9. The predicted octanol–water partition coefficient (Wildman–Crippen LogP) is 1.65. The van der Waals surface area contributed by atoms with Crippen LogP contribution >= 0.6 is 0 Å². The average molecular weight is 372 g/mol. The van der Waals surface area contributed by atoms with Gasteiger partial charge in [0.05, 0.1) is 5.52 Å². The minimum Gasteiger partial charge on any atom is -0.367 e. The second-order valence-electron chi connectivity index (χ2n) is 8.11. The maximum absolute atomic E-state index is 13.0. The molecule has 0 spiro atoms. The van der Waals surface area contributed by atoms with Crippen molar-refractivity contribution in [2.75, 3.05) is 6.54 Å². The molecule has 27 heavy (non-hydrogen) atoms. The van der Waals surface area contributed by atoms with Gasteiger partial charge in [-0.05, 0) is 45.6 Å². The Balaban J connectivity index is 1.50. The number of aromatic nitrogens is 2. The number of aliphatic hydroxyl groups is 2. The standard InChI is InChI=1S/C20H28N4O3/c1-12(2)24-17-6-4-3-5-16(17)19(22-24)20(27)21-13-9-14-7-8-15(10-13)23(14)11-18(25)26/h3-6,12-15,18,25-26H,7-11H2,1-2H3,(H,21,27)/t13?,14-,15+. The summed E-state index contributed by atoms with van der Waals surface area (Å²) in [6, 6.07) is 8.74. The Labute approximate surface area is 159 Å². The summed E-state index contributed by atoms with van der Waals surface area (Å²) < 4.78 is 1.90. The van der Waals surface area contributed by atoms with Gasteiger partial charge >= 0.3 is 0 Å². The molecular weight excluding hydrogens is 344 g/mol. The molecule has 1 amide bonds. The van der Waals surface area contributed by atoms with E-state index in [1.807, 2.05) is 28.9 Å². The molecule has 3 heterocycles. The molecule has 146 valence electrons. The van der Waals surface area contributed by atoms with Crippen LogP contribution in [0.5, 0.6) is 0 Å². The van der Waals surface area contributed by atoms with Gasteiger partial charge in [-0.15, -0.1) is 0 Å². The number of carbonyl (C=O) groups is 1. The zero-order chi connectivity index (χ0) is 19.1. The van der Waals surface area contributed by atoms with Gasteiger partial charge in [0.25, 0.3) is 5.91 Å². The highest BCUT2D eigenvalue weighted by Crippen LogP contribution is 2.36. The maximum atomic E-state index is 13.0. The normalized spacial score (nSPS) is 25.6. The molecule has 2 bridgehead atoms. The number of aliphatic hydroxyl groups excluding tert-OH is 1. The quantitative estimate of drug-likeness (QED) is 0.695. The van der Waals surface area contributed by atoms with Gasteiger partial charge in [-0.25, -0.2) is 0 Å². The van der Waals surface area contributed by atoms with Crippen molar-refractivity contribution >= 4 is 16.8 Å². The lowest BCUT2D eigenvalue weighted by Gasteiger charge is -2.39. The minimum absolute atomic E-state index is 0.102. The number of carbonyl (C=O) groups excluding carboxylic acids is 1. The van der Waals surface area contributed by atoms with Gasteiger partial charge in [-0.2, -0.15) is 5.10 Å². The molecule has 0 saturated carbocycles. The Morgan fingerprint density at radius 1 is 1.22 bits per heavy atom. The fourth-order valence-corrected chi connectivity index (χ4v) is 4.78. The van der Waals surface area contributed by atoms with Crippen molar-refractivity contribution in [2.45, 2.75) is 70.0 Å². The van der Waals surface area contributed by atoms with Crippen LogP contribution in [-0.2, 0) is 0 Å². The first-order valence-electron chi connectivity index (χ1n) is 9.84. The van der Waals surface area contributed by atoms with Gasteiger partial charge in [0.1, 0.15) is 0 Å². The van der Waals surface area contributed by atoms with Crippen LogP contribution < -0.4 is 5.32 Å². The number of fused-ring (bicyclic) bond motifs is 3. The highest BCUT2D eigenvalue weighted by Gasteiger charge is 2.41. The van der Waals surface area contributed by atoms with E-state index in [1.54, 1.807) is 0 Å². The van der Waals surface area contributed by atoms with Crippen molar-refractivity contribution in [1.82, 2.24) is 20.0 Å². The molecule has 3 atom stereocenters. The molecule has 1 aromatic heterocycles. The first-order valence-corrected chi connectivity index (χ1v) is 9.84. The van der Waals surface area contributed by atoms with E-state index in [2.05, 4.69) is 29.2 Å². The van der Waals surface area contributed by atoms with E-state index in [0.29, 0.717) is 24.3 Å². The van der Waals surface area contributed by atoms with Crippen molar-refractivity contribution < 1.29 is 15.0 Å². The third kappa shape index (κ3) is 3.47. The Bertz CT molecular complexity index is 818. The summed E-state index contributed by atoms with van der Waals surface area (Å²) in [5.74, 6) is -0.120. The van der Waals surface area contributed by atoms with Gasteiger partial charge in [0.15, 0.2) is 12.0 Å². The molecule has 2 aliphatic heterocycles. The molecule has 7 heteroatoms. The van der Waals surface area contributed by atoms with Crippen molar-refractivity contribution in [3.63, 3.8) is 0 Å². The molecule has 0 radical (unpaired) electrons. The van der Waals surface area contributed by atoms with Crippen molar-refractivity contribution in [3.8, 4) is 0 Å². The van der Waals surface area contributed by atoms with Crippen LogP contribution in [0.4, 0.5) is 0 Å². The first-order chi connectivity index (χ1) is 12.9. The average Bonchev–Trinajstić information content (AvgIpc) is 3.10. The Morgan fingerprint density at radius 2 is 1.89 bits per heavy atom. The monoisotopic (exact) mass is 372 g/mol. The van der Waals surface area contributed by atoms with E-state index in [0.717, 1.165) is 36.6 Å². The molecule has 0 aliphatic carbocycles. The second kappa shape index (κ2) is 7.22. The van der Waals surface area contributed by atoms with Crippen molar-refractivity contribution in [1.29, 1.82) is 0 Å². The smallest absolute Gasteiger partial charge is 0.272 e. The molecule has 1 aromatic carbocycles. The maximum Gasteiger partial charge on any atom is 0.272 e. The van der Waals surface area contributed by atoms with Crippen molar-refractivity contribution in [3.05, 3.63) is 30.0 Å². The number of nitrogens with one attached hydrogen (secondary N) is 1. The number of hydrogen-bond acceptors (Lipinski definition) is 5. The summed E-state index contributed by atoms with van der Waals surface area (Å²) >= 11 is 0. The Hall–Kier alpha value is -1.96. The third-order valence-corrected chi connectivity index (χ3v) is 5.91. The van der Waals surface area contributed by atoms with E-state index < -0.39 is 6.29 Å². The number of hydrogen-bond donors (Lipinski definition) is 3. The highest BCUT2D eigenvalue weighted by molar-refractivity contribution is 6.05. The second-order valence-corrected chi connectivity index (χ2v) is 8.11. The van der Waals surface area contributed by atoms with Crippen LogP contribution in [0.3, 0.4) is 0 Å². The SMILES string of the molecule is CC(C)n1nc(C(=O)NC2C[C@H]3CC[C@@H](C2)N3CC(O)O)c2ccccc21. The molecule has 2 aromatic rings. The summed E-state index contributed by atoms with van der Waals surface area (Å²) in [5, 5.41) is 27.3. The van der Waals surface area contributed by atoms with E-state index in [-0.39, 0.29) is 18.0 Å². The molecule has 2 fully saturated rings. The van der Waals surface area contributed by atoms with E-state index in [9.17, 15) is 15.0 Å². The lowest BCUT2D eigenvalue weighted by Crippen LogP contribution is -2.52. The van der Waals surface area contributed by atoms with Crippen LogP contribution in [0.25, 0.3) is 10.9 Å². The van der Waals surface area contributed by atoms with Crippen LogP contribution in [0.1, 0.15) is 56.1 Å². The number of rotatable bonds is 5. The van der Waals surface area contributed by atoms with Crippen LogP contribution in [0, 0.1) is 0 Å². The van der Waals surface area contributed by atoms with E-state index in [4.69, 9.17) is 0 Å².